The van der Waals surface area contributed by atoms with Crippen LogP contribution in [-0.2, 0) is 11.3 Å². The molecular weight excluding hydrogens is 257 g/mol. The van der Waals surface area contributed by atoms with Gasteiger partial charge in [0.2, 0.25) is 0 Å². The van der Waals surface area contributed by atoms with Crippen LogP contribution in [-0.4, -0.2) is 23.6 Å². The highest BCUT2D eigenvalue weighted by atomic mass is 19.1. The zero-order valence-corrected chi connectivity index (χ0v) is 11.7. The highest BCUT2D eigenvalue weighted by Gasteiger charge is 2.07. The minimum absolute atomic E-state index is 0.272. The average molecular weight is 275 g/mol. The predicted molar refractivity (Wildman–Crippen MR) is 76.9 cm³/mol. The molecule has 4 nitrogen and oxygen atoms in total. The van der Waals surface area contributed by atoms with Crippen molar-refractivity contribution in [3.05, 3.63) is 41.8 Å². The molecule has 0 saturated carbocycles. The largest absolute Gasteiger partial charge is 0.378 e. The van der Waals surface area contributed by atoms with Crippen molar-refractivity contribution in [1.82, 2.24) is 9.97 Å². The molecule has 0 aliphatic heterocycles. The zero-order chi connectivity index (χ0) is 14.4. The molecule has 1 N–H and O–H groups in total. The van der Waals surface area contributed by atoms with Crippen LogP contribution in [0.2, 0.25) is 0 Å². The second-order valence-electron chi connectivity index (χ2n) is 4.43. The van der Waals surface area contributed by atoms with Crippen molar-refractivity contribution >= 4 is 5.82 Å². The van der Waals surface area contributed by atoms with Gasteiger partial charge in [-0.25, -0.2) is 14.4 Å². The lowest BCUT2D eigenvalue weighted by Crippen LogP contribution is -2.06. The molecule has 0 aliphatic carbocycles. The maximum absolute atomic E-state index is 13.0. The number of nitrogens with one attached hydrogen (secondary N) is 1. The second kappa shape index (κ2) is 6.96. The number of rotatable bonds is 6. The Morgan fingerprint density at radius 2 is 1.95 bits per heavy atom. The first-order valence-corrected chi connectivity index (χ1v) is 6.59. The van der Waals surface area contributed by atoms with Gasteiger partial charge in [-0.3, -0.25) is 0 Å². The maximum Gasteiger partial charge on any atom is 0.161 e. The van der Waals surface area contributed by atoms with Crippen molar-refractivity contribution in [2.24, 2.45) is 0 Å². The van der Waals surface area contributed by atoms with E-state index >= 15 is 0 Å². The number of ether oxygens (including phenoxy) is 1. The predicted octanol–water partition coefficient (Wildman–Crippen LogP) is 3.25. The van der Waals surface area contributed by atoms with E-state index in [9.17, 15) is 4.39 Å². The van der Waals surface area contributed by atoms with Gasteiger partial charge in [0.05, 0.1) is 12.3 Å². The summed E-state index contributed by atoms with van der Waals surface area (Å²) in [6.07, 6.45) is 1.01. The summed E-state index contributed by atoms with van der Waals surface area (Å²) >= 11 is 0. The van der Waals surface area contributed by atoms with E-state index < -0.39 is 0 Å². The summed E-state index contributed by atoms with van der Waals surface area (Å²) < 4.78 is 18.1. The van der Waals surface area contributed by atoms with Gasteiger partial charge in [-0.1, -0.05) is 6.92 Å². The van der Waals surface area contributed by atoms with E-state index in [1.54, 1.807) is 19.2 Å². The van der Waals surface area contributed by atoms with Crippen LogP contribution in [0.4, 0.5) is 10.2 Å². The van der Waals surface area contributed by atoms with Crippen LogP contribution in [0.3, 0.4) is 0 Å². The highest BCUT2D eigenvalue weighted by molar-refractivity contribution is 5.57. The van der Waals surface area contributed by atoms with Gasteiger partial charge in [0.1, 0.15) is 11.6 Å². The van der Waals surface area contributed by atoms with E-state index in [0.29, 0.717) is 12.4 Å². The third kappa shape index (κ3) is 3.74. The molecule has 2 rings (SSSR count). The zero-order valence-electron chi connectivity index (χ0n) is 11.7. The van der Waals surface area contributed by atoms with E-state index in [-0.39, 0.29) is 5.82 Å². The van der Waals surface area contributed by atoms with Gasteiger partial charge in [-0.15, -0.1) is 0 Å². The number of hydrogen-bond donors (Lipinski definition) is 1. The van der Waals surface area contributed by atoms with E-state index in [2.05, 4.69) is 22.2 Å². The molecule has 0 atom stereocenters. The molecule has 1 aromatic heterocycles. The smallest absolute Gasteiger partial charge is 0.161 e. The van der Waals surface area contributed by atoms with Crippen LogP contribution < -0.4 is 5.32 Å². The summed E-state index contributed by atoms with van der Waals surface area (Å²) in [4.78, 5) is 8.89. The Morgan fingerprint density at radius 3 is 2.60 bits per heavy atom. The van der Waals surface area contributed by atoms with Gasteiger partial charge in [0.15, 0.2) is 5.82 Å². The minimum atomic E-state index is -0.272. The number of nitrogens with zero attached hydrogens (tertiary/aromatic N) is 2. The van der Waals surface area contributed by atoms with Crippen molar-refractivity contribution in [2.45, 2.75) is 20.0 Å². The van der Waals surface area contributed by atoms with Crippen LogP contribution in [0.1, 0.15) is 19.0 Å². The Hall–Kier alpha value is -2.01. The number of anilines is 1. The molecule has 2 aromatic rings. The van der Waals surface area contributed by atoms with Crippen molar-refractivity contribution < 1.29 is 9.13 Å². The molecule has 0 saturated heterocycles. The molecule has 1 aromatic carbocycles. The molecule has 5 heteroatoms. The minimum Gasteiger partial charge on any atom is -0.378 e. The Balaban J connectivity index is 2.34. The molecule has 0 radical (unpaired) electrons. The first-order valence-electron chi connectivity index (χ1n) is 6.59. The summed E-state index contributed by atoms with van der Waals surface area (Å²) in [5.41, 5.74) is 1.57. The molecule has 1 heterocycles. The number of methoxy groups -OCH3 is 1. The Bertz CT molecular complexity index is 558. The third-order valence-electron chi connectivity index (χ3n) is 2.73. The van der Waals surface area contributed by atoms with E-state index in [1.807, 2.05) is 6.07 Å². The van der Waals surface area contributed by atoms with Crippen LogP contribution in [0, 0.1) is 5.82 Å². The number of halogens is 1. The normalized spacial score (nSPS) is 10.6. The standard InChI is InChI=1S/C15H18FN3O/c1-3-8-17-14-9-13(10-20-2)18-15(19-14)11-4-6-12(16)7-5-11/h4-7,9H,3,8,10H2,1-2H3,(H,17,18,19). The molecule has 0 fully saturated rings. The number of benzene rings is 1. The van der Waals surface area contributed by atoms with Gasteiger partial charge in [0, 0.05) is 25.3 Å². The SMILES string of the molecule is CCCNc1cc(COC)nc(-c2ccc(F)cc2)n1. The lowest BCUT2D eigenvalue weighted by atomic mass is 10.2. The van der Waals surface area contributed by atoms with Crippen molar-refractivity contribution in [3.8, 4) is 11.4 Å². The molecule has 0 aliphatic rings. The lowest BCUT2D eigenvalue weighted by molar-refractivity contribution is 0.181. The van der Waals surface area contributed by atoms with E-state index in [1.165, 1.54) is 12.1 Å². The van der Waals surface area contributed by atoms with Crippen LogP contribution in [0.5, 0.6) is 0 Å². The summed E-state index contributed by atoms with van der Waals surface area (Å²) in [6, 6.07) is 8.02. The summed E-state index contributed by atoms with van der Waals surface area (Å²) in [5.74, 6) is 1.05. The summed E-state index contributed by atoms with van der Waals surface area (Å²) in [6.45, 7) is 3.34. The van der Waals surface area contributed by atoms with E-state index in [0.717, 1.165) is 30.0 Å². The molecule has 106 valence electrons. The van der Waals surface area contributed by atoms with Gasteiger partial charge in [-0.2, -0.15) is 0 Å². The van der Waals surface area contributed by atoms with Gasteiger partial charge in [-0.05, 0) is 30.7 Å². The second-order valence-corrected chi connectivity index (χ2v) is 4.43. The molecule has 0 unspecified atom stereocenters. The molecule has 20 heavy (non-hydrogen) atoms. The van der Waals surface area contributed by atoms with Crippen molar-refractivity contribution in [2.75, 3.05) is 19.0 Å². The molecule has 0 bridgehead atoms. The monoisotopic (exact) mass is 275 g/mol. The summed E-state index contributed by atoms with van der Waals surface area (Å²) in [7, 11) is 1.62. The first kappa shape index (κ1) is 14.4. The van der Waals surface area contributed by atoms with Crippen LogP contribution in [0.25, 0.3) is 11.4 Å². The lowest BCUT2D eigenvalue weighted by Gasteiger charge is -2.09. The van der Waals surface area contributed by atoms with Gasteiger partial charge >= 0.3 is 0 Å². The fourth-order valence-corrected chi connectivity index (χ4v) is 1.79. The Kier molecular flexibility index (Phi) is 5.01. The molecular formula is C15H18FN3O. The first-order chi connectivity index (χ1) is 9.72. The third-order valence-corrected chi connectivity index (χ3v) is 2.73. The fourth-order valence-electron chi connectivity index (χ4n) is 1.79. The van der Waals surface area contributed by atoms with Crippen molar-refractivity contribution in [1.29, 1.82) is 0 Å². The Morgan fingerprint density at radius 1 is 1.20 bits per heavy atom. The van der Waals surface area contributed by atoms with Gasteiger partial charge < -0.3 is 10.1 Å². The van der Waals surface area contributed by atoms with Gasteiger partial charge in [0.25, 0.3) is 0 Å². The number of hydrogen-bond acceptors (Lipinski definition) is 4. The fraction of sp³-hybridized carbons (Fsp3) is 0.333. The number of aromatic nitrogens is 2. The maximum atomic E-state index is 13.0. The van der Waals surface area contributed by atoms with Crippen LogP contribution in [0.15, 0.2) is 30.3 Å². The quantitative estimate of drug-likeness (QED) is 0.879. The molecule has 0 spiro atoms. The topological polar surface area (TPSA) is 47.0 Å². The molecule has 0 amide bonds. The van der Waals surface area contributed by atoms with Crippen LogP contribution >= 0.6 is 0 Å². The summed E-state index contributed by atoms with van der Waals surface area (Å²) in [5, 5.41) is 3.23. The van der Waals surface area contributed by atoms with E-state index in [4.69, 9.17) is 4.74 Å². The Labute approximate surface area is 118 Å². The van der Waals surface area contributed by atoms with Crippen molar-refractivity contribution in [3.63, 3.8) is 0 Å². The highest BCUT2D eigenvalue weighted by Crippen LogP contribution is 2.19. The average Bonchev–Trinajstić information content (AvgIpc) is 2.46.